The summed E-state index contributed by atoms with van der Waals surface area (Å²) in [6.45, 7) is 1.94. The molecule has 0 bridgehead atoms. The second-order valence-corrected chi connectivity index (χ2v) is 6.42. The Balaban J connectivity index is 1.41. The molecule has 2 aromatic heterocycles. The van der Waals surface area contributed by atoms with Crippen LogP contribution in [0, 0.1) is 0 Å². The first-order valence-corrected chi connectivity index (χ1v) is 8.24. The summed E-state index contributed by atoms with van der Waals surface area (Å²) in [6, 6.07) is 5.39. The van der Waals surface area contributed by atoms with Crippen molar-refractivity contribution < 1.29 is 13.9 Å². The van der Waals surface area contributed by atoms with E-state index in [-0.39, 0.29) is 17.6 Å². The minimum Gasteiger partial charge on any atom is -0.459 e. The molecule has 24 heavy (non-hydrogen) atoms. The van der Waals surface area contributed by atoms with E-state index < -0.39 is 0 Å². The summed E-state index contributed by atoms with van der Waals surface area (Å²) in [7, 11) is 0. The molecule has 2 fully saturated rings. The maximum atomic E-state index is 12.5. The predicted molar refractivity (Wildman–Crippen MR) is 86.6 cm³/mol. The van der Waals surface area contributed by atoms with Gasteiger partial charge in [-0.3, -0.25) is 4.79 Å². The van der Waals surface area contributed by atoms with Crippen molar-refractivity contribution in [2.75, 3.05) is 25.0 Å². The van der Waals surface area contributed by atoms with Crippen LogP contribution in [0.2, 0.25) is 0 Å². The van der Waals surface area contributed by atoms with E-state index in [1.165, 1.54) is 6.26 Å². The Kier molecular flexibility index (Phi) is 3.93. The zero-order chi connectivity index (χ0) is 16.4. The van der Waals surface area contributed by atoms with Crippen LogP contribution in [0.1, 0.15) is 29.8 Å². The molecule has 7 heteroatoms. The van der Waals surface area contributed by atoms with Crippen LogP contribution >= 0.6 is 0 Å². The van der Waals surface area contributed by atoms with Gasteiger partial charge < -0.3 is 19.4 Å². The monoisotopic (exact) mass is 328 g/mol. The highest BCUT2D eigenvalue weighted by Crippen LogP contribution is 2.36. The molecule has 0 aliphatic carbocycles. The van der Waals surface area contributed by atoms with Crippen LogP contribution in [0.5, 0.6) is 0 Å². The van der Waals surface area contributed by atoms with E-state index in [0.29, 0.717) is 24.9 Å². The third kappa shape index (κ3) is 2.99. The smallest absolute Gasteiger partial charge is 0.289 e. The molecule has 2 unspecified atom stereocenters. The lowest BCUT2D eigenvalue weighted by atomic mass is 9.88. The van der Waals surface area contributed by atoms with E-state index in [4.69, 9.17) is 9.15 Å². The van der Waals surface area contributed by atoms with Gasteiger partial charge in [-0.15, -0.1) is 0 Å². The number of aromatic nitrogens is 2. The van der Waals surface area contributed by atoms with Crippen LogP contribution in [0.25, 0.3) is 0 Å². The first-order valence-electron chi connectivity index (χ1n) is 8.24. The Morgan fingerprint density at radius 1 is 1.33 bits per heavy atom. The van der Waals surface area contributed by atoms with Gasteiger partial charge in [-0.25, -0.2) is 9.97 Å². The maximum Gasteiger partial charge on any atom is 0.289 e. The maximum absolute atomic E-state index is 12.5. The third-order valence-corrected chi connectivity index (χ3v) is 4.67. The summed E-state index contributed by atoms with van der Waals surface area (Å²) in [6.07, 6.45) is 7.69. The second kappa shape index (κ2) is 6.24. The Labute approximate surface area is 140 Å². The fourth-order valence-electron chi connectivity index (χ4n) is 3.61. The van der Waals surface area contributed by atoms with Crippen LogP contribution in [0.3, 0.4) is 0 Å². The topological polar surface area (TPSA) is 80.5 Å². The lowest BCUT2D eigenvalue weighted by Gasteiger charge is -2.39. The number of amides is 1. The molecular formula is C17H20N4O3. The molecule has 1 spiro atoms. The van der Waals surface area contributed by atoms with Gasteiger partial charge in [0.05, 0.1) is 31.1 Å². The van der Waals surface area contributed by atoms with E-state index >= 15 is 0 Å². The first-order chi connectivity index (χ1) is 11.7. The summed E-state index contributed by atoms with van der Waals surface area (Å²) in [4.78, 5) is 22.7. The molecule has 2 aliphatic heterocycles. The standard InChI is InChI=1S/C17H20N4O3/c22-15(14-4-1-9-23-14)21-8-2-5-17(12-21)10-13(11-24-17)20-16-18-6-3-7-19-16/h1,3-4,6-7,9,13H,2,5,8,10-12H2,(H,18,19,20). The molecule has 0 aromatic carbocycles. The van der Waals surface area contributed by atoms with Crippen LogP contribution in [0.4, 0.5) is 5.95 Å². The van der Waals surface area contributed by atoms with Gasteiger partial charge in [-0.05, 0) is 31.0 Å². The number of piperidine rings is 1. The molecule has 0 radical (unpaired) electrons. The quantitative estimate of drug-likeness (QED) is 0.927. The van der Waals surface area contributed by atoms with Crippen molar-refractivity contribution in [3.8, 4) is 0 Å². The molecule has 1 amide bonds. The molecular weight excluding hydrogens is 308 g/mol. The molecule has 4 heterocycles. The Hall–Kier alpha value is -2.41. The fourth-order valence-corrected chi connectivity index (χ4v) is 3.61. The number of nitrogens with zero attached hydrogens (tertiary/aromatic N) is 3. The molecule has 2 aromatic rings. The van der Waals surface area contributed by atoms with Gasteiger partial charge in [0.15, 0.2) is 5.76 Å². The van der Waals surface area contributed by atoms with E-state index in [2.05, 4.69) is 15.3 Å². The zero-order valence-electron chi connectivity index (χ0n) is 13.4. The van der Waals surface area contributed by atoms with Gasteiger partial charge in [0.2, 0.25) is 5.95 Å². The van der Waals surface area contributed by atoms with E-state index in [1.807, 2.05) is 4.90 Å². The molecule has 2 atom stereocenters. The molecule has 4 rings (SSSR count). The number of carbonyl (C=O) groups excluding carboxylic acids is 1. The van der Waals surface area contributed by atoms with Gasteiger partial charge in [-0.2, -0.15) is 0 Å². The summed E-state index contributed by atoms with van der Waals surface area (Å²) in [5, 5.41) is 3.31. The molecule has 2 saturated heterocycles. The number of carbonyl (C=O) groups is 1. The highest BCUT2D eigenvalue weighted by molar-refractivity contribution is 5.91. The number of nitrogens with one attached hydrogen (secondary N) is 1. The predicted octanol–water partition coefficient (Wildman–Crippen LogP) is 1.95. The SMILES string of the molecule is O=C(c1ccco1)N1CCCC2(CC(Nc3ncccn3)CO2)C1. The van der Waals surface area contributed by atoms with Crippen molar-refractivity contribution in [2.24, 2.45) is 0 Å². The Bertz CT molecular complexity index is 691. The van der Waals surface area contributed by atoms with Crippen molar-refractivity contribution in [2.45, 2.75) is 30.9 Å². The minimum absolute atomic E-state index is 0.0644. The highest BCUT2D eigenvalue weighted by Gasteiger charge is 2.45. The molecule has 7 nitrogen and oxygen atoms in total. The third-order valence-electron chi connectivity index (χ3n) is 4.67. The Morgan fingerprint density at radius 3 is 3.00 bits per heavy atom. The normalized spacial score (nSPS) is 26.7. The summed E-state index contributed by atoms with van der Waals surface area (Å²) >= 11 is 0. The highest BCUT2D eigenvalue weighted by atomic mass is 16.5. The summed E-state index contributed by atoms with van der Waals surface area (Å²) in [5.74, 6) is 0.936. The molecule has 126 valence electrons. The number of likely N-dealkylation sites (tertiary alicyclic amines) is 1. The van der Waals surface area contributed by atoms with Gasteiger partial charge in [0, 0.05) is 25.4 Å². The van der Waals surface area contributed by atoms with Crippen molar-refractivity contribution in [1.82, 2.24) is 14.9 Å². The Morgan fingerprint density at radius 2 is 2.21 bits per heavy atom. The first kappa shape index (κ1) is 15.1. The zero-order valence-corrected chi connectivity index (χ0v) is 13.4. The van der Waals surface area contributed by atoms with Gasteiger partial charge >= 0.3 is 0 Å². The largest absolute Gasteiger partial charge is 0.459 e. The second-order valence-electron chi connectivity index (χ2n) is 6.42. The number of furan rings is 1. The van der Waals surface area contributed by atoms with Crippen LogP contribution < -0.4 is 5.32 Å². The molecule has 0 saturated carbocycles. The molecule has 1 N–H and O–H groups in total. The number of hydrogen-bond donors (Lipinski definition) is 1. The van der Waals surface area contributed by atoms with E-state index in [9.17, 15) is 4.79 Å². The number of rotatable bonds is 3. The average molecular weight is 328 g/mol. The van der Waals surface area contributed by atoms with Gasteiger partial charge in [0.25, 0.3) is 5.91 Å². The van der Waals surface area contributed by atoms with Crippen molar-refractivity contribution in [3.63, 3.8) is 0 Å². The lowest BCUT2D eigenvalue weighted by molar-refractivity contribution is -0.0452. The van der Waals surface area contributed by atoms with Crippen LogP contribution in [-0.2, 0) is 4.74 Å². The average Bonchev–Trinajstić information content (AvgIpc) is 3.26. The number of anilines is 1. The van der Waals surface area contributed by atoms with E-state index in [1.54, 1.807) is 30.6 Å². The fraction of sp³-hybridized carbons (Fsp3) is 0.471. The molecule has 2 aliphatic rings. The van der Waals surface area contributed by atoms with Crippen LogP contribution in [0.15, 0.2) is 41.3 Å². The van der Waals surface area contributed by atoms with Crippen molar-refractivity contribution in [3.05, 3.63) is 42.6 Å². The summed E-state index contributed by atoms with van der Waals surface area (Å²) in [5.41, 5.74) is -0.285. The van der Waals surface area contributed by atoms with Crippen molar-refractivity contribution in [1.29, 1.82) is 0 Å². The number of ether oxygens (including phenoxy) is 1. The van der Waals surface area contributed by atoms with Crippen molar-refractivity contribution >= 4 is 11.9 Å². The van der Waals surface area contributed by atoms with Crippen LogP contribution in [-0.4, -0.2) is 52.1 Å². The minimum atomic E-state index is -0.285. The van der Waals surface area contributed by atoms with Gasteiger partial charge in [0.1, 0.15) is 0 Å². The summed E-state index contributed by atoms with van der Waals surface area (Å²) < 4.78 is 11.4. The van der Waals surface area contributed by atoms with Gasteiger partial charge in [-0.1, -0.05) is 0 Å². The number of hydrogen-bond acceptors (Lipinski definition) is 6. The van der Waals surface area contributed by atoms with E-state index in [0.717, 1.165) is 25.8 Å². The lowest BCUT2D eigenvalue weighted by Crippen LogP contribution is -2.50.